The van der Waals surface area contributed by atoms with Crippen LogP contribution in [-0.2, 0) is 10.2 Å². The molecule has 0 aromatic heterocycles. The van der Waals surface area contributed by atoms with Crippen molar-refractivity contribution in [2.24, 2.45) is 5.73 Å². The zero-order chi connectivity index (χ0) is 14.6. The molecule has 20 heavy (non-hydrogen) atoms. The molecule has 0 bridgehead atoms. The minimum absolute atomic E-state index is 0.0576. The molecule has 2 rings (SSSR count). The summed E-state index contributed by atoms with van der Waals surface area (Å²) in [5.74, 6) is -0.207. The van der Waals surface area contributed by atoms with Gasteiger partial charge in [-0.2, -0.15) is 0 Å². The molecule has 3 nitrogen and oxygen atoms in total. The summed E-state index contributed by atoms with van der Waals surface area (Å²) >= 11 is 0. The second kappa shape index (κ2) is 6.35. The summed E-state index contributed by atoms with van der Waals surface area (Å²) < 4.78 is 13.1. The zero-order valence-electron chi connectivity index (χ0n) is 12.0. The highest BCUT2D eigenvalue weighted by Crippen LogP contribution is 2.41. The Labute approximate surface area is 119 Å². The fourth-order valence-corrected chi connectivity index (χ4v) is 2.98. The van der Waals surface area contributed by atoms with Gasteiger partial charge in [0.15, 0.2) is 0 Å². The van der Waals surface area contributed by atoms with Gasteiger partial charge in [-0.1, -0.05) is 25.0 Å². The molecule has 0 aliphatic heterocycles. The molecule has 1 unspecified atom stereocenters. The van der Waals surface area contributed by atoms with Gasteiger partial charge < -0.3 is 11.1 Å². The maximum atomic E-state index is 13.1. The first-order chi connectivity index (χ1) is 9.54. The molecule has 1 saturated carbocycles. The van der Waals surface area contributed by atoms with E-state index in [0.717, 1.165) is 37.7 Å². The first-order valence-corrected chi connectivity index (χ1v) is 7.34. The Morgan fingerprint density at radius 3 is 2.50 bits per heavy atom. The first-order valence-electron chi connectivity index (χ1n) is 7.34. The van der Waals surface area contributed by atoms with E-state index >= 15 is 0 Å². The summed E-state index contributed by atoms with van der Waals surface area (Å²) in [6, 6.07) is 6.44. The molecule has 1 aliphatic carbocycles. The predicted molar refractivity (Wildman–Crippen MR) is 77.8 cm³/mol. The van der Waals surface area contributed by atoms with Gasteiger partial charge in [-0.3, -0.25) is 4.79 Å². The van der Waals surface area contributed by atoms with E-state index < -0.39 is 5.41 Å². The summed E-state index contributed by atoms with van der Waals surface area (Å²) in [7, 11) is 0. The fourth-order valence-electron chi connectivity index (χ4n) is 2.98. The van der Waals surface area contributed by atoms with Crippen LogP contribution in [0, 0.1) is 5.82 Å². The Bertz CT molecular complexity index is 450. The van der Waals surface area contributed by atoms with Gasteiger partial charge in [0, 0.05) is 12.6 Å². The van der Waals surface area contributed by atoms with Gasteiger partial charge in [0.2, 0.25) is 5.91 Å². The standard InChI is InChI=1S/C16H23FN2O/c1-12(18)8-11-19-15(20)16(9-2-3-10-16)13-4-6-14(17)7-5-13/h4-7,12H,2-3,8-11,18H2,1H3,(H,19,20). The Balaban J connectivity index is 2.13. The molecular weight excluding hydrogens is 255 g/mol. The average Bonchev–Trinajstić information content (AvgIpc) is 2.89. The van der Waals surface area contributed by atoms with Gasteiger partial charge in [-0.05, 0) is 43.9 Å². The lowest BCUT2D eigenvalue weighted by molar-refractivity contribution is -0.126. The largest absolute Gasteiger partial charge is 0.355 e. The first kappa shape index (κ1) is 15.0. The Morgan fingerprint density at radius 2 is 1.95 bits per heavy atom. The Morgan fingerprint density at radius 1 is 1.35 bits per heavy atom. The summed E-state index contributed by atoms with van der Waals surface area (Å²) in [5, 5.41) is 3.00. The van der Waals surface area contributed by atoms with Crippen molar-refractivity contribution >= 4 is 5.91 Å². The van der Waals surface area contributed by atoms with E-state index in [2.05, 4.69) is 5.32 Å². The third-order valence-electron chi connectivity index (χ3n) is 4.17. The van der Waals surface area contributed by atoms with E-state index in [0.29, 0.717) is 6.54 Å². The van der Waals surface area contributed by atoms with Crippen molar-refractivity contribution in [2.75, 3.05) is 6.54 Å². The van der Waals surface area contributed by atoms with Gasteiger partial charge >= 0.3 is 0 Å². The third-order valence-corrected chi connectivity index (χ3v) is 4.17. The SMILES string of the molecule is CC(N)CCNC(=O)C1(c2ccc(F)cc2)CCCC1. The number of amides is 1. The maximum absolute atomic E-state index is 13.1. The lowest BCUT2D eigenvalue weighted by Crippen LogP contribution is -2.43. The van der Waals surface area contributed by atoms with Crippen LogP contribution >= 0.6 is 0 Å². The smallest absolute Gasteiger partial charge is 0.230 e. The van der Waals surface area contributed by atoms with Crippen molar-refractivity contribution in [1.29, 1.82) is 0 Å². The van der Waals surface area contributed by atoms with Crippen molar-refractivity contribution < 1.29 is 9.18 Å². The van der Waals surface area contributed by atoms with E-state index in [9.17, 15) is 9.18 Å². The van der Waals surface area contributed by atoms with Gasteiger partial charge in [-0.15, -0.1) is 0 Å². The third kappa shape index (κ3) is 3.18. The quantitative estimate of drug-likeness (QED) is 0.869. The number of nitrogens with two attached hydrogens (primary N) is 1. The van der Waals surface area contributed by atoms with Crippen LogP contribution in [0.15, 0.2) is 24.3 Å². The van der Waals surface area contributed by atoms with Crippen LogP contribution in [0.4, 0.5) is 4.39 Å². The van der Waals surface area contributed by atoms with Gasteiger partial charge in [-0.25, -0.2) is 4.39 Å². The number of carbonyl (C=O) groups excluding carboxylic acids is 1. The summed E-state index contributed by atoms with van der Waals surface area (Å²) in [6.45, 7) is 2.52. The average molecular weight is 278 g/mol. The summed E-state index contributed by atoms with van der Waals surface area (Å²) in [6.07, 6.45) is 4.52. The number of hydrogen-bond donors (Lipinski definition) is 2. The molecule has 0 radical (unpaired) electrons. The number of hydrogen-bond acceptors (Lipinski definition) is 2. The normalized spacial score (nSPS) is 18.8. The van der Waals surface area contributed by atoms with E-state index in [1.807, 2.05) is 6.92 Å². The molecule has 0 spiro atoms. The molecule has 0 saturated heterocycles. The van der Waals surface area contributed by atoms with Crippen LogP contribution < -0.4 is 11.1 Å². The van der Waals surface area contributed by atoms with Crippen molar-refractivity contribution in [2.45, 2.75) is 50.5 Å². The van der Waals surface area contributed by atoms with E-state index in [4.69, 9.17) is 5.73 Å². The highest BCUT2D eigenvalue weighted by atomic mass is 19.1. The molecule has 1 aliphatic rings. The number of benzene rings is 1. The fraction of sp³-hybridized carbons (Fsp3) is 0.562. The second-order valence-corrected chi connectivity index (χ2v) is 5.82. The van der Waals surface area contributed by atoms with Crippen LogP contribution in [0.5, 0.6) is 0 Å². The molecule has 1 aromatic carbocycles. The monoisotopic (exact) mass is 278 g/mol. The van der Waals surface area contributed by atoms with E-state index in [-0.39, 0.29) is 17.8 Å². The van der Waals surface area contributed by atoms with Crippen LogP contribution in [0.25, 0.3) is 0 Å². The molecule has 1 amide bonds. The van der Waals surface area contributed by atoms with Crippen LogP contribution in [-0.4, -0.2) is 18.5 Å². The highest BCUT2D eigenvalue weighted by molar-refractivity contribution is 5.88. The summed E-state index contributed by atoms with van der Waals surface area (Å²) in [5.41, 5.74) is 6.14. The maximum Gasteiger partial charge on any atom is 0.230 e. The number of halogens is 1. The molecule has 110 valence electrons. The second-order valence-electron chi connectivity index (χ2n) is 5.82. The zero-order valence-corrected chi connectivity index (χ0v) is 12.0. The van der Waals surface area contributed by atoms with Crippen LogP contribution in [0.2, 0.25) is 0 Å². The lowest BCUT2D eigenvalue weighted by Gasteiger charge is -2.28. The van der Waals surface area contributed by atoms with Crippen molar-refractivity contribution in [3.8, 4) is 0 Å². The van der Waals surface area contributed by atoms with Crippen molar-refractivity contribution in [1.82, 2.24) is 5.32 Å². The number of rotatable bonds is 5. The molecular formula is C16H23FN2O. The van der Waals surface area contributed by atoms with Gasteiger partial charge in [0.25, 0.3) is 0 Å². The highest BCUT2D eigenvalue weighted by Gasteiger charge is 2.42. The molecule has 1 atom stereocenters. The van der Waals surface area contributed by atoms with Crippen molar-refractivity contribution in [3.05, 3.63) is 35.6 Å². The van der Waals surface area contributed by atoms with E-state index in [1.54, 1.807) is 12.1 Å². The Kier molecular flexibility index (Phi) is 4.76. The van der Waals surface area contributed by atoms with Crippen LogP contribution in [0.1, 0.15) is 44.6 Å². The minimum atomic E-state index is -0.481. The summed E-state index contributed by atoms with van der Waals surface area (Å²) in [4.78, 5) is 12.6. The van der Waals surface area contributed by atoms with Crippen molar-refractivity contribution in [3.63, 3.8) is 0 Å². The molecule has 0 heterocycles. The van der Waals surface area contributed by atoms with Gasteiger partial charge in [0.05, 0.1) is 5.41 Å². The molecule has 1 fully saturated rings. The van der Waals surface area contributed by atoms with Gasteiger partial charge in [0.1, 0.15) is 5.82 Å². The minimum Gasteiger partial charge on any atom is -0.355 e. The predicted octanol–water partition coefficient (Wildman–Crippen LogP) is 2.49. The van der Waals surface area contributed by atoms with E-state index in [1.165, 1.54) is 12.1 Å². The lowest BCUT2D eigenvalue weighted by atomic mass is 9.78. The molecule has 4 heteroatoms. The number of nitrogens with one attached hydrogen (secondary N) is 1. The Hall–Kier alpha value is -1.42. The molecule has 3 N–H and O–H groups in total. The molecule has 1 aromatic rings. The van der Waals surface area contributed by atoms with Crippen LogP contribution in [0.3, 0.4) is 0 Å². The topological polar surface area (TPSA) is 55.1 Å². The number of carbonyl (C=O) groups is 1.